The van der Waals surface area contributed by atoms with Gasteiger partial charge in [0.25, 0.3) is 0 Å². The maximum Gasteiger partial charge on any atom is 0.119 e. The van der Waals surface area contributed by atoms with Crippen LogP contribution < -0.4 is 4.74 Å². The summed E-state index contributed by atoms with van der Waals surface area (Å²) < 4.78 is 5.36. The summed E-state index contributed by atoms with van der Waals surface area (Å²) in [6, 6.07) is 8.06. The van der Waals surface area contributed by atoms with E-state index in [-0.39, 0.29) is 6.04 Å². The molecule has 0 spiro atoms. The first kappa shape index (κ1) is 15.3. The second kappa shape index (κ2) is 6.02. The molecule has 0 radical (unpaired) electrons. The fourth-order valence-electron chi connectivity index (χ4n) is 4.30. The highest BCUT2D eigenvalue weighted by atomic mass is 16.5. The van der Waals surface area contributed by atoms with Gasteiger partial charge in [-0.05, 0) is 55.5 Å². The molecule has 5 rings (SSSR count). The summed E-state index contributed by atoms with van der Waals surface area (Å²) >= 11 is 0. The smallest absolute Gasteiger partial charge is 0.119 e. The molecule has 1 aromatic carbocycles. The van der Waals surface area contributed by atoms with Crippen molar-refractivity contribution in [3.8, 4) is 5.75 Å². The third-order valence-electron chi connectivity index (χ3n) is 5.68. The molecule has 3 fully saturated rings. The molecule has 4 heterocycles. The Morgan fingerprint density at radius 3 is 3.00 bits per heavy atom. The Labute approximate surface area is 142 Å². The number of piperidine rings is 3. The molecule has 24 heavy (non-hydrogen) atoms. The zero-order valence-corrected chi connectivity index (χ0v) is 14.0. The average Bonchev–Trinajstić information content (AvgIpc) is 2.66. The minimum Gasteiger partial charge on any atom is -0.497 e. The summed E-state index contributed by atoms with van der Waals surface area (Å²) in [5, 5.41) is 9.88. The monoisotopic (exact) mass is 321 g/mol. The number of pyridine rings is 1. The highest BCUT2D eigenvalue weighted by molar-refractivity contribution is 6.11. The van der Waals surface area contributed by atoms with Gasteiger partial charge in [0.1, 0.15) is 5.75 Å². The lowest BCUT2D eigenvalue weighted by molar-refractivity contribution is 0.0485. The van der Waals surface area contributed by atoms with Crippen LogP contribution in [0, 0.1) is 17.2 Å². The fourth-order valence-corrected chi connectivity index (χ4v) is 4.30. The Balaban J connectivity index is 1.70. The Morgan fingerprint density at radius 1 is 1.42 bits per heavy atom. The van der Waals surface area contributed by atoms with Crippen LogP contribution in [0.25, 0.3) is 10.9 Å². The molecule has 4 nitrogen and oxygen atoms in total. The highest BCUT2D eigenvalue weighted by Gasteiger charge is 2.40. The molecule has 2 bridgehead atoms. The van der Waals surface area contributed by atoms with Crippen molar-refractivity contribution in [2.45, 2.75) is 18.9 Å². The lowest BCUT2D eigenvalue weighted by atomic mass is 9.74. The van der Waals surface area contributed by atoms with Gasteiger partial charge in [0.15, 0.2) is 0 Å². The lowest BCUT2D eigenvalue weighted by Crippen LogP contribution is -2.55. The molecule has 2 aromatic rings. The maximum atomic E-state index is 8.87. The van der Waals surface area contributed by atoms with Crippen LogP contribution in [0.4, 0.5) is 0 Å². The summed E-state index contributed by atoms with van der Waals surface area (Å²) in [5.41, 5.74) is 2.60. The van der Waals surface area contributed by atoms with Crippen LogP contribution in [0.5, 0.6) is 5.75 Å². The SMILES string of the molecule is C=CC1CN2CCC1CC2C(=N)c1ccnc2ccc(OC)cc12. The minimum atomic E-state index is 0.205. The van der Waals surface area contributed by atoms with Gasteiger partial charge in [-0.2, -0.15) is 0 Å². The predicted molar refractivity (Wildman–Crippen MR) is 96.9 cm³/mol. The van der Waals surface area contributed by atoms with E-state index in [4.69, 9.17) is 10.1 Å². The number of methoxy groups -OCH3 is 1. The van der Waals surface area contributed by atoms with E-state index >= 15 is 0 Å². The van der Waals surface area contributed by atoms with Crippen LogP contribution in [0.1, 0.15) is 18.4 Å². The van der Waals surface area contributed by atoms with Gasteiger partial charge < -0.3 is 10.1 Å². The Kier molecular flexibility index (Phi) is 3.85. The number of nitrogens with zero attached hydrogens (tertiary/aromatic N) is 2. The van der Waals surface area contributed by atoms with Gasteiger partial charge in [-0.1, -0.05) is 6.08 Å². The summed E-state index contributed by atoms with van der Waals surface area (Å²) in [5.74, 6) is 2.05. The molecule has 3 aliphatic rings. The Bertz CT molecular complexity index is 801. The highest BCUT2D eigenvalue weighted by Crippen LogP contribution is 2.38. The molecule has 1 N–H and O–H groups in total. The van der Waals surface area contributed by atoms with Crippen LogP contribution in [0.3, 0.4) is 0 Å². The second-order valence-corrected chi connectivity index (χ2v) is 6.85. The normalized spacial score (nSPS) is 28.7. The summed E-state index contributed by atoms with van der Waals surface area (Å²) in [4.78, 5) is 6.90. The standard InChI is InChI=1S/C20H23N3O/c1-3-13-12-23-9-7-14(13)10-19(23)20(21)16-6-8-22-18-5-4-15(24-2)11-17(16)18/h3-6,8,11,13-14,19,21H,1,7,9-10,12H2,2H3. The van der Waals surface area contributed by atoms with Crippen molar-refractivity contribution in [2.24, 2.45) is 11.8 Å². The van der Waals surface area contributed by atoms with Crippen LogP contribution in [0.15, 0.2) is 43.1 Å². The number of hydrogen-bond donors (Lipinski definition) is 1. The molecule has 1 aromatic heterocycles. The molecular formula is C20H23N3O. The lowest BCUT2D eigenvalue weighted by Gasteiger charge is -2.49. The summed E-state index contributed by atoms with van der Waals surface area (Å²) in [6.45, 7) is 6.12. The number of rotatable bonds is 4. The molecule has 0 aliphatic carbocycles. The third-order valence-corrected chi connectivity index (χ3v) is 5.68. The minimum absolute atomic E-state index is 0.205. The summed E-state index contributed by atoms with van der Waals surface area (Å²) in [7, 11) is 1.67. The van der Waals surface area contributed by atoms with E-state index in [1.807, 2.05) is 30.5 Å². The van der Waals surface area contributed by atoms with Gasteiger partial charge in [-0.3, -0.25) is 9.88 Å². The van der Waals surface area contributed by atoms with Crippen LogP contribution in [0.2, 0.25) is 0 Å². The molecule has 0 saturated carbocycles. The quantitative estimate of drug-likeness (QED) is 0.692. The van der Waals surface area contributed by atoms with Gasteiger partial charge in [0, 0.05) is 23.7 Å². The number of benzene rings is 1. The zero-order chi connectivity index (χ0) is 16.7. The van der Waals surface area contributed by atoms with E-state index < -0.39 is 0 Å². The molecule has 0 amide bonds. The van der Waals surface area contributed by atoms with Crippen LogP contribution >= 0.6 is 0 Å². The molecule has 3 aliphatic heterocycles. The Hall–Kier alpha value is -2.20. The first-order valence-electron chi connectivity index (χ1n) is 8.59. The Morgan fingerprint density at radius 2 is 2.29 bits per heavy atom. The van der Waals surface area contributed by atoms with Crippen LogP contribution in [-0.2, 0) is 0 Å². The van der Waals surface area contributed by atoms with Gasteiger partial charge in [0.05, 0.1) is 24.4 Å². The van der Waals surface area contributed by atoms with Gasteiger partial charge in [-0.25, -0.2) is 0 Å². The second-order valence-electron chi connectivity index (χ2n) is 6.85. The molecular weight excluding hydrogens is 298 g/mol. The van der Waals surface area contributed by atoms with E-state index in [0.29, 0.717) is 17.5 Å². The van der Waals surface area contributed by atoms with Crippen molar-refractivity contribution in [3.05, 3.63) is 48.7 Å². The number of hydrogen-bond acceptors (Lipinski definition) is 4. The van der Waals surface area contributed by atoms with Crippen molar-refractivity contribution < 1.29 is 4.74 Å². The van der Waals surface area contributed by atoms with E-state index in [0.717, 1.165) is 41.7 Å². The predicted octanol–water partition coefficient (Wildman–Crippen LogP) is 3.51. The van der Waals surface area contributed by atoms with E-state index in [1.165, 1.54) is 6.42 Å². The number of nitrogens with one attached hydrogen (secondary N) is 1. The van der Waals surface area contributed by atoms with Gasteiger partial charge in [-0.15, -0.1) is 6.58 Å². The third kappa shape index (κ3) is 2.42. The first-order chi connectivity index (χ1) is 11.7. The first-order valence-corrected chi connectivity index (χ1v) is 8.59. The van der Waals surface area contributed by atoms with Crippen molar-refractivity contribution >= 4 is 16.6 Å². The van der Waals surface area contributed by atoms with Crippen molar-refractivity contribution in [2.75, 3.05) is 20.2 Å². The van der Waals surface area contributed by atoms with E-state index in [9.17, 15) is 0 Å². The fraction of sp³-hybridized carbons (Fsp3) is 0.400. The average molecular weight is 321 g/mol. The van der Waals surface area contributed by atoms with Gasteiger partial charge >= 0.3 is 0 Å². The number of ether oxygens (including phenoxy) is 1. The van der Waals surface area contributed by atoms with E-state index in [2.05, 4.69) is 22.5 Å². The van der Waals surface area contributed by atoms with Gasteiger partial charge in [0.2, 0.25) is 0 Å². The largest absolute Gasteiger partial charge is 0.497 e. The summed E-state index contributed by atoms with van der Waals surface area (Å²) in [6.07, 6.45) is 6.19. The molecule has 3 saturated heterocycles. The van der Waals surface area contributed by atoms with E-state index in [1.54, 1.807) is 7.11 Å². The molecule has 4 heteroatoms. The maximum absolute atomic E-state index is 8.87. The van der Waals surface area contributed by atoms with Crippen molar-refractivity contribution in [1.82, 2.24) is 9.88 Å². The molecule has 124 valence electrons. The zero-order valence-electron chi connectivity index (χ0n) is 14.0. The van der Waals surface area contributed by atoms with Crippen LogP contribution in [-0.4, -0.2) is 41.8 Å². The number of fused-ring (bicyclic) bond motifs is 4. The topological polar surface area (TPSA) is 49.2 Å². The molecule has 4 unspecified atom stereocenters. The van der Waals surface area contributed by atoms with Crippen molar-refractivity contribution in [3.63, 3.8) is 0 Å². The number of aromatic nitrogens is 1. The molecule has 4 atom stereocenters. The van der Waals surface area contributed by atoms with Crippen molar-refractivity contribution in [1.29, 1.82) is 5.41 Å².